The Hall–Kier alpha value is -0.650. The molecule has 0 aliphatic heterocycles. The molecule has 0 aromatic heterocycles. The fraction of sp³-hybridized carbons (Fsp3) is 0.929. The molecule has 0 fully saturated rings. The number of carbonyl (C=O) groups is 1. The van der Waals surface area contributed by atoms with Crippen LogP contribution in [0.3, 0.4) is 0 Å². The molecule has 1 unspecified atom stereocenters. The lowest BCUT2D eigenvalue weighted by Gasteiger charge is -2.29. The first-order chi connectivity index (χ1) is 8.92. The second-order valence-electron chi connectivity index (χ2n) is 5.41. The predicted octanol–water partition coefficient (Wildman–Crippen LogP) is 1.45. The molecular weight excluding hydrogens is 244 g/mol. The van der Waals surface area contributed by atoms with Crippen LogP contribution in [0.1, 0.15) is 46.5 Å². The van der Waals surface area contributed by atoms with E-state index >= 15 is 0 Å². The average Bonchev–Trinajstić information content (AvgIpc) is 2.31. The van der Waals surface area contributed by atoms with Crippen LogP contribution in [0.5, 0.6) is 0 Å². The Morgan fingerprint density at radius 1 is 1.21 bits per heavy atom. The van der Waals surface area contributed by atoms with Gasteiger partial charge in [-0.3, -0.25) is 4.79 Å². The average molecular weight is 274 g/mol. The summed E-state index contributed by atoms with van der Waals surface area (Å²) in [5, 5.41) is 3.24. The van der Waals surface area contributed by atoms with Gasteiger partial charge in [-0.25, -0.2) is 0 Å². The number of carbonyl (C=O) groups excluding carboxylic acids is 1. The van der Waals surface area contributed by atoms with E-state index in [1.54, 1.807) is 7.11 Å². The molecular formula is C14H30N2O3. The molecule has 1 amide bonds. The second kappa shape index (κ2) is 10.2. The molecule has 0 aromatic carbocycles. The minimum atomic E-state index is -0.621. The lowest BCUT2D eigenvalue weighted by atomic mass is 9.93. The van der Waals surface area contributed by atoms with Crippen molar-refractivity contribution in [1.82, 2.24) is 5.32 Å². The molecule has 19 heavy (non-hydrogen) atoms. The van der Waals surface area contributed by atoms with Crippen LogP contribution in [0.25, 0.3) is 0 Å². The quantitative estimate of drug-likeness (QED) is 0.528. The number of hydrogen-bond acceptors (Lipinski definition) is 4. The molecule has 0 aliphatic rings. The van der Waals surface area contributed by atoms with E-state index < -0.39 is 5.54 Å². The SMILES string of the molecule is COCCCOCCCCC(C)(NC(C)C)C(N)=O. The number of rotatable bonds is 12. The predicted molar refractivity (Wildman–Crippen MR) is 77.0 cm³/mol. The van der Waals surface area contributed by atoms with Crippen LogP contribution >= 0.6 is 0 Å². The minimum absolute atomic E-state index is 0.239. The third kappa shape index (κ3) is 8.97. The summed E-state index contributed by atoms with van der Waals surface area (Å²) in [6.45, 7) is 8.08. The molecule has 3 N–H and O–H groups in total. The van der Waals surface area contributed by atoms with Crippen molar-refractivity contribution in [2.24, 2.45) is 5.73 Å². The third-order valence-corrected chi connectivity index (χ3v) is 3.00. The Bertz CT molecular complexity index is 247. The van der Waals surface area contributed by atoms with Crippen molar-refractivity contribution in [3.63, 3.8) is 0 Å². The summed E-state index contributed by atoms with van der Waals surface area (Å²) < 4.78 is 10.4. The number of nitrogens with one attached hydrogen (secondary N) is 1. The molecule has 0 spiro atoms. The Morgan fingerprint density at radius 2 is 1.84 bits per heavy atom. The molecule has 0 radical (unpaired) electrons. The van der Waals surface area contributed by atoms with Crippen molar-refractivity contribution in [2.75, 3.05) is 26.9 Å². The first kappa shape index (κ1) is 18.4. The lowest BCUT2D eigenvalue weighted by molar-refractivity contribution is -0.124. The van der Waals surface area contributed by atoms with Crippen LogP contribution in [0, 0.1) is 0 Å². The highest BCUT2D eigenvalue weighted by Gasteiger charge is 2.30. The Balaban J connectivity index is 3.74. The number of unbranched alkanes of at least 4 members (excludes halogenated alkanes) is 1. The molecule has 1 atom stereocenters. The van der Waals surface area contributed by atoms with Gasteiger partial charge >= 0.3 is 0 Å². The summed E-state index contributed by atoms with van der Waals surface area (Å²) in [4.78, 5) is 11.5. The number of amides is 1. The van der Waals surface area contributed by atoms with Crippen molar-refractivity contribution >= 4 is 5.91 Å². The van der Waals surface area contributed by atoms with Crippen LogP contribution in [-0.2, 0) is 14.3 Å². The smallest absolute Gasteiger partial charge is 0.237 e. The van der Waals surface area contributed by atoms with Crippen LogP contribution in [0.2, 0.25) is 0 Å². The largest absolute Gasteiger partial charge is 0.385 e. The van der Waals surface area contributed by atoms with Gasteiger partial charge in [-0.15, -0.1) is 0 Å². The van der Waals surface area contributed by atoms with E-state index in [0.717, 1.165) is 45.5 Å². The van der Waals surface area contributed by atoms with Gasteiger partial charge in [-0.1, -0.05) is 0 Å². The van der Waals surface area contributed by atoms with Crippen LogP contribution in [0.15, 0.2) is 0 Å². The van der Waals surface area contributed by atoms with E-state index in [4.69, 9.17) is 15.2 Å². The van der Waals surface area contributed by atoms with E-state index in [-0.39, 0.29) is 11.9 Å². The highest BCUT2D eigenvalue weighted by Crippen LogP contribution is 2.14. The highest BCUT2D eigenvalue weighted by molar-refractivity contribution is 5.84. The molecule has 0 rings (SSSR count). The van der Waals surface area contributed by atoms with Crippen LogP contribution in [-0.4, -0.2) is 44.4 Å². The first-order valence-corrected chi connectivity index (χ1v) is 7.06. The number of methoxy groups -OCH3 is 1. The minimum Gasteiger partial charge on any atom is -0.385 e. The molecule has 0 heterocycles. The van der Waals surface area contributed by atoms with E-state index in [1.165, 1.54) is 0 Å². The Morgan fingerprint density at radius 3 is 2.37 bits per heavy atom. The molecule has 0 bridgehead atoms. The number of primary amides is 1. The molecule has 0 aromatic rings. The van der Waals surface area contributed by atoms with Crippen LogP contribution < -0.4 is 11.1 Å². The summed E-state index contributed by atoms with van der Waals surface area (Å²) in [6, 6.07) is 0.239. The molecule has 5 nitrogen and oxygen atoms in total. The van der Waals surface area contributed by atoms with Crippen molar-refractivity contribution in [3.05, 3.63) is 0 Å². The van der Waals surface area contributed by atoms with Crippen molar-refractivity contribution in [3.8, 4) is 0 Å². The normalized spacial score (nSPS) is 14.6. The maximum absolute atomic E-state index is 11.5. The fourth-order valence-electron chi connectivity index (χ4n) is 1.99. The summed E-state index contributed by atoms with van der Waals surface area (Å²) in [5.41, 5.74) is 4.85. The molecule has 0 saturated heterocycles. The summed E-state index contributed by atoms with van der Waals surface area (Å²) in [6.07, 6.45) is 3.52. The van der Waals surface area contributed by atoms with E-state index in [2.05, 4.69) is 5.32 Å². The van der Waals surface area contributed by atoms with Gasteiger partial charge in [0.15, 0.2) is 0 Å². The molecule has 0 saturated carbocycles. The van der Waals surface area contributed by atoms with Crippen molar-refractivity contribution in [1.29, 1.82) is 0 Å². The summed E-state index contributed by atoms with van der Waals surface area (Å²) in [5.74, 6) is -0.290. The van der Waals surface area contributed by atoms with E-state index in [1.807, 2.05) is 20.8 Å². The van der Waals surface area contributed by atoms with Crippen molar-refractivity contribution < 1.29 is 14.3 Å². The second-order valence-corrected chi connectivity index (χ2v) is 5.41. The van der Waals surface area contributed by atoms with Gasteiger partial charge in [0.1, 0.15) is 0 Å². The zero-order valence-corrected chi connectivity index (χ0v) is 12.8. The number of ether oxygens (including phenoxy) is 2. The topological polar surface area (TPSA) is 73.6 Å². The number of nitrogens with two attached hydrogens (primary N) is 1. The number of hydrogen-bond donors (Lipinski definition) is 2. The fourth-order valence-corrected chi connectivity index (χ4v) is 1.99. The first-order valence-electron chi connectivity index (χ1n) is 7.06. The van der Waals surface area contributed by atoms with Gasteiger partial charge in [0.2, 0.25) is 5.91 Å². The van der Waals surface area contributed by atoms with Gasteiger partial charge in [-0.2, -0.15) is 0 Å². The van der Waals surface area contributed by atoms with Crippen LogP contribution in [0.4, 0.5) is 0 Å². The summed E-state index contributed by atoms with van der Waals surface area (Å²) >= 11 is 0. The Kier molecular flexibility index (Phi) is 9.83. The molecule has 114 valence electrons. The monoisotopic (exact) mass is 274 g/mol. The van der Waals surface area contributed by atoms with Gasteiger partial charge in [0.05, 0.1) is 5.54 Å². The van der Waals surface area contributed by atoms with E-state index in [9.17, 15) is 4.79 Å². The van der Waals surface area contributed by atoms with Gasteiger partial charge in [0.25, 0.3) is 0 Å². The van der Waals surface area contributed by atoms with Gasteiger partial charge < -0.3 is 20.5 Å². The standard InChI is InChI=1S/C14H30N2O3/c1-12(2)16-14(3,13(15)17)8-5-6-10-19-11-7-9-18-4/h12,16H,5-11H2,1-4H3,(H2,15,17). The maximum Gasteiger partial charge on any atom is 0.237 e. The van der Waals surface area contributed by atoms with Gasteiger partial charge in [-0.05, 0) is 46.5 Å². The highest BCUT2D eigenvalue weighted by atomic mass is 16.5. The molecule has 5 heteroatoms. The van der Waals surface area contributed by atoms with Gasteiger partial charge in [0, 0.05) is 33.0 Å². The maximum atomic E-state index is 11.5. The van der Waals surface area contributed by atoms with E-state index in [0.29, 0.717) is 0 Å². The zero-order chi connectivity index (χ0) is 14.7. The third-order valence-electron chi connectivity index (χ3n) is 3.00. The van der Waals surface area contributed by atoms with Crippen molar-refractivity contribution in [2.45, 2.75) is 58.0 Å². The summed E-state index contributed by atoms with van der Waals surface area (Å²) in [7, 11) is 1.69. The molecule has 0 aliphatic carbocycles. The Labute approximate surface area is 117 Å². The lowest BCUT2D eigenvalue weighted by Crippen LogP contribution is -2.55. The zero-order valence-electron chi connectivity index (χ0n) is 12.8.